The van der Waals surface area contributed by atoms with Crippen molar-refractivity contribution in [3.8, 4) is 0 Å². The summed E-state index contributed by atoms with van der Waals surface area (Å²) in [5.74, 6) is -0.521. The zero-order chi connectivity index (χ0) is 10.6. The van der Waals surface area contributed by atoms with E-state index >= 15 is 0 Å². The third kappa shape index (κ3) is 4.27. The molecule has 3 heteroatoms. The molecule has 3 nitrogen and oxygen atoms in total. The number of rotatable bonds is 5. The van der Waals surface area contributed by atoms with Crippen LogP contribution in [0.3, 0.4) is 0 Å². The van der Waals surface area contributed by atoms with Gasteiger partial charge in [-0.25, -0.2) is 4.79 Å². The van der Waals surface area contributed by atoms with Crippen molar-refractivity contribution >= 4 is 5.97 Å². The summed E-state index contributed by atoms with van der Waals surface area (Å²) in [6.07, 6.45) is -0.278. The van der Waals surface area contributed by atoms with Gasteiger partial charge in [-0.2, -0.15) is 0 Å². The number of carboxylic acid groups (broad SMARTS) is 1. The number of aliphatic hydroxyl groups is 1. The molecule has 0 saturated carbocycles. The lowest BCUT2D eigenvalue weighted by Crippen LogP contribution is -2.31. The largest absolute Gasteiger partial charge is 0.479 e. The fourth-order valence-electron chi connectivity index (χ4n) is 1.49. The van der Waals surface area contributed by atoms with E-state index in [2.05, 4.69) is 13.8 Å². The lowest BCUT2D eigenvalue weighted by atomic mass is 9.85. The van der Waals surface area contributed by atoms with Gasteiger partial charge in [0.1, 0.15) is 0 Å². The summed E-state index contributed by atoms with van der Waals surface area (Å²) in [7, 11) is 0. The van der Waals surface area contributed by atoms with Gasteiger partial charge in [0, 0.05) is 0 Å². The monoisotopic (exact) mass is 188 g/mol. The van der Waals surface area contributed by atoms with Crippen LogP contribution in [0.25, 0.3) is 0 Å². The number of aliphatic carboxylic acids is 1. The van der Waals surface area contributed by atoms with E-state index in [1.807, 2.05) is 6.92 Å². The van der Waals surface area contributed by atoms with Gasteiger partial charge in [-0.1, -0.05) is 27.7 Å². The van der Waals surface area contributed by atoms with Crippen molar-refractivity contribution in [3.05, 3.63) is 0 Å². The predicted molar refractivity (Wildman–Crippen MR) is 51.4 cm³/mol. The van der Waals surface area contributed by atoms with Crippen LogP contribution < -0.4 is 0 Å². The highest BCUT2D eigenvalue weighted by Crippen LogP contribution is 2.22. The molecule has 0 saturated heterocycles. The van der Waals surface area contributed by atoms with Gasteiger partial charge in [-0.15, -0.1) is 0 Å². The van der Waals surface area contributed by atoms with Gasteiger partial charge in [0.15, 0.2) is 6.10 Å². The topological polar surface area (TPSA) is 57.5 Å². The first-order chi connectivity index (χ1) is 5.86. The highest BCUT2D eigenvalue weighted by atomic mass is 16.4. The molecule has 0 spiro atoms. The fourth-order valence-corrected chi connectivity index (χ4v) is 1.49. The molecule has 0 aliphatic carbocycles. The molecule has 0 aliphatic heterocycles. The summed E-state index contributed by atoms with van der Waals surface area (Å²) >= 11 is 0. The van der Waals surface area contributed by atoms with Crippen molar-refractivity contribution < 1.29 is 15.0 Å². The highest BCUT2D eigenvalue weighted by molar-refractivity contribution is 5.72. The van der Waals surface area contributed by atoms with E-state index in [9.17, 15) is 9.90 Å². The minimum Gasteiger partial charge on any atom is -0.479 e. The Morgan fingerprint density at radius 1 is 1.23 bits per heavy atom. The quantitative estimate of drug-likeness (QED) is 0.691. The SMILES string of the molecule is CC(C)CC(C)C(C)C(O)C(=O)O. The van der Waals surface area contributed by atoms with Crippen LogP contribution in [0.15, 0.2) is 0 Å². The molecule has 0 heterocycles. The molecule has 0 aromatic heterocycles. The minimum absolute atomic E-state index is 0.181. The minimum atomic E-state index is -1.23. The Kier molecular flexibility index (Phi) is 4.99. The van der Waals surface area contributed by atoms with Crippen LogP contribution in [0, 0.1) is 17.8 Å². The van der Waals surface area contributed by atoms with Crippen LogP contribution >= 0.6 is 0 Å². The van der Waals surface area contributed by atoms with Gasteiger partial charge in [0.25, 0.3) is 0 Å². The van der Waals surface area contributed by atoms with Crippen LogP contribution in [-0.4, -0.2) is 22.3 Å². The van der Waals surface area contributed by atoms with E-state index < -0.39 is 12.1 Å². The van der Waals surface area contributed by atoms with Crippen molar-refractivity contribution in [1.82, 2.24) is 0 Å². The maximum Gasteiger partial charge on any atom is 0.332 e. The Morgan fingerprint density at radius 3 is 2.00 bits per heavy atom. The summed E-state index contributed by atoms with van der Waals surface area (Å²) < 4.78 is 0. The summed E-state index contributed by atoms with van der Waals surface area (Å²) in [5, 5.41) is 17.9. The van der Waals surface area contributed by atoms with Gasteiger partial charge in [-0.3, -0.25) is 0 Å². The van der Waals surface area contributed by atoms with Gasteiger partial charge in [0.05, 0.1) is 0 Å². The zero-order valence-electron chi connectivity index (χ0n) is 8.82. The van der Waals surface area contributed by atoms with Crippen LogP contribution in [0.5, 0.6) is 0 Å². The summed E-state index contributed by atoms with van der Waals surface area (Å²) in [4.78, 5) is 10.5. The first-order valence-electron chi connectivity index (χ1n) is 4.77. The number of aliphatic hydroxyl groups excluding tert-OH is 1. The molecule has 3 atom stereocenters. The van der Waals surface area contributed by atoms with Gasteiger partial charge in [0.2, 0.25) is 0 Å². The molecule has 0 radical (unpaired) electrons. The van der Waals surface area contributed by atoms with Crippen LogP contribution in [-0.2, 0) is 4.79 Å². The average molecular weight is 188 g/mol. The summed E-state index contributed by atoms with van der Waals surface area (Å²) in [6, 6.07) is 0. The number of carbonyl (C=O) groups is 1. The van der Waals surface area contributed by atoms with Crippen LogP contribution in [0.1, 0.15) is 34.1 Å². The van der Waals surface area contributed by atoms with Crippen molar-refractivity contribution in [2.45, 2.75) is 40.2 Å². The molecule has 2 N–H and O–H groups in total. The number of carboxylic acids is 1. The zero-order valence-corrected chi connectivity index (χ0v) is 8.82. The molecule has 0 amide bonds. The third-order valence-electron chi connectivity index (χ3n) is 2.49. The second-order valence-corrected chi connectivity index (χ2v) is 4.25. The highest BCUT2D eigenvalue weighted by Gasteiger charge is 2.26. The van der Waals surface area contributed by atoms with Crippen molar-refractivity contribution in [2.75, 3.05) is 0 Å². The molecule has 13 heavy (non-hydrogen) atoms. The number of hydrogen-bond acceptors (Lipinski definition) is 2. The molecule has 78 valence electrons. The maximum absolute atomic E-state index is 10.5. The van der Waals surface area contributed by atoms with Crippen molar-refractivity contribution in [3.63, 3.8) is 0 Å². The standard InChI is InChI=1S/C10H20O3/c1-6(2)5-7(3)8(4)9(11)10(12)13/h6-9,11H,5H2,1-4H3,(H,12,13). The third-order valence-corrected chi connectivity index (χ3v) is 2.49. The maximum atomic E-state index is 10.5. The van der Waals surface area contributed by atoms with Crippen LogP contribution in [0.2, 0.25) is 0 Å². The second kappa shape index (κ2) is 5.22. The number of hydrogen-bond donors (Lipinski definition) is 2. The molecular formula is C10H20O3. The van der Waals surface area contributed by atoms with Crippen molar-refractivity contribution in [1.29, 1.82) is 0 Å². The van der Waals surface area contributed by atoms with Gasteiger partial charge < -0.3 is 10.2 Å². The van der Waals surface area contributed by atoms with E-state index in [0.29, 0.717) is 5.92 Å². The van der Waals surface area contributed by atoms with Crippen molar-refractivity contribution in [2.24, 2.45) is 17.8 Å². The fraction of sp³-hybridized carbons (Fsp3) is 0.900. The molecule has 0 fully saturated rings. The van der Waals surface area contributed by atoms with E-state index in [1.54, 1.807) is 6.92 Å². The first kappa shape index (κ1) is 12.4. The normalized spacial score (nSPS) is 18.3. The molecule has 0 aliphatic rings. The molecule has 0 aromatic carbocycles. The lowest BCUT2D eigenvalue weighted by Gasteiger charge is -2.23. The smallest absolute Gasteiger partial charge is 0.332 e. The molecule has 3 unspecified atom stereocenters. The Balaban J connectivity index is 4.08. The van der Waals surface area contributed by atoms with E-state index in [-0.39, 0.29) is 11.8 Å². The first-order valence-corrected chi connectivity index (χ1v) is 4.77. The molecule has 0 rings (SSSR count). The predicted octanol–water partition coefficient (Wildman–Crippen LogP) is 1.75. The van der Waals surface area contributed by atoms with E-state index in [1.165, 1.54) is 0 Å². The van der Waals surface area contributed by atoms with E-state index in [0.717, 1.165) is 6.42 Å². The Hall–Kier alpha value is -0.570. The Labute approximate surface area is 79.8 Å². The van der Waals surface area contributed by atoms with Gasteiger partial charge in [-0.05, 0) is 24.2 Å². The summed E-state index contributed by atoms with van der Waals surface area (Å²) in [5.41, 5.74) is 0. The Bertz CT molecular complexity index is 166. The van der Waals surface area contributed by atoms with Gasteiger partial charge >= 0.3 is 5.97 Å². The second-order valence-electron chi connectivity index (χ2n) is 4.25. The average Bonchev–Trinajstić information content (AvgIpc) is 2.00. The summed E-state index contributed by atoms with van der Waals surface area (Å²) in [6.45, 7) is 7.95. The van der Waals surface area contributed by atoms with Crippen LogP contribution in [0.4, 0.5) is 0 Å². The van der Waals surface area contributed by atoms with E-state index in [4.69, 9.17) is 5.11 Å². The molecule has 0 aromatic rings. The molecule has 0 bridgehead atoms. The lowest BCUT2D eigenvalue weighted by molar-refractivity contribution is -0.150. The molecular weight excluding hydrogens is 168 g/mol. The Morgan fingerprint density at radius 2 is 1.69 bits per heavy atom.